The summed E-state index contributed by atoms with van der Waals surface area (Å²) < 4.78 is 25.3. The van der Waals surface area contributed by atoms with E-state index >= 15 is 0 Å². The molecule has 0 spiro atoms. The molecule has 0 unspecified atom stereocenters. The van der Waals surface area contributed by atoms with E-state index in [0.717, 1.165) is 11.1 Å². The van der Waals surface area contributed by atoms with Crippen molar-refractivity contribution in [3.05, 3.63) is 71.8 Å². The number of carbonyl (C=O) groups is 1. The maximum Gasteiger partial charge on any atom is 0.318 e. The van der Waals surface area contributed by atoms with Crippen LogP contribution < -0.4 is 5.32 Å². The minimum atomic E-state index is -3.20. The van der Waals surface area contributed by atoms with E-state index in [4.69, 9.17) is 0 Å². The van der Waals surface area contributed by atoms with Crippen LogP contribution in [0.25, 0.3) is 0 Å². The van der Waals surface area contributed by atoms with Crippen molar-refractivity contribution < 1.29 is 13.2 Å². The molecular formula is C23H30N2O3S. The Hall–Kier alpha value is -2.34. The highest BCUT2D eigenvalue weighted by Crippen LogP contribution is 2.24. The fraction of sp³-hybridized carbons (Fsp3) is 0.435. The van der Waals surface area contributed by atoms with Gasteiger partial charge in [0.1, 0.15) is 0 Å². The molecule has 1 atom stereocenters. The minimum absolute atomic E-state index is 0.0877. The summed E-state index contributed by atoms with van der Waals surface area (Å²) in [6, 6.07) is 19.2. The van der Waals surface area contributed by atoms with Crippen molar-refractivity contribution in [2.45, 2.75) is 38.0 Å². The van der Waals surface area contributed by atoms with E-state index in [0.29, 0.717) is 19.4 Å². The third kappa shape index (κ3) is 5.60. The lowest BCUT2D eigenvalue weighted by Gasteiger charge is -2.34. The van der Waals surface area contributed by atoms with Gasteiger partial charge < -0.3 is 10.2 Å². The fourth-order valence-electron chi connectivity index (χ4n) is 3.88. The first-order valence-electron chi connectivity index (χ1n) is 10.2. The smallest absolute Gasteiger partial charge is 0.318 e. The molecule has 1 N–H and O–H groups in total. The number of amides is 2. The number of hydrogen-bond acceptors (Lipinski definition) is 3. The van der Waals surface area contributed by atoms with Crippen molar-refractivity contribution in [2.24, 2.45) is 5.92 Å². The summed E-state index contributed by atoms with van der Waals surface area (Å²) >= 11 is 0. The molecule has 6 heteroatoms. The van der Waals surface area contributed by atoms with E-state index in [1.807, 2.05) is 74.5 Å². The number of hydrogen-bond donors (Lipinski definition) is 1. The van der Waals surface area contributed by atoms with E-state index in [1.54, 1.807) is 4.90 Å². The number of piperidine rings is 1. The zero-order valence-electron chi connectivity index (χ0n) is 17.1. The Kier molecular flexibility index (Phi) is 6.96. The van der Waals surface area contributed by atoms with Gasteiger partial charge in [-0.25, -0.2) is 13.2 Å². The van der Waals surface area contributed by atoms with Gasteiger partial charge in [0.15, 0.2) is 9.84 Å². The molecule has 0 radical (unpaired) electrons. The average Bonchev–Trinajstić information content (AvgIpc) is 2.72. The van der Waals surface area contributed by atoms with Crippen LogP contribution in [-0.2, 0) is 9.84 Å². The third-order valence-corrected chi connectivity index (χ3v) is 7.80. The Bertz CT molecular complexity index is 859. The van der Waals surface area contributed by atoms with Gasteiger partial charge in [0.25, 0.3) is 0 Å². The second kappa shape index (κ2) is 9.44. The summed E-state index contributed by atoms with van der Waals surface area (Å²) in [5, 5.41) is 2.65. The maximum atomic E-state index is 13.1. The Morgan fingerprint density at radius 2 is 1.59 bits per heavy atom. The normalized spacial score (nSPS) is 17.5. The van der Waals surface area contributed by atoms with Gasteiger partial charge in [-0.15, -0.1) is 0 Å². The monoisotopic (exact) mass is 414 g/mol. The molecule has 0 aliphatic carbocycles. The molecule has 5 nitrogen and oxygen atoms in total. The number of nitrogens with one attached hydrogen (secondary N) is 1. The molecule has 0 bridgehead atoms. The number of rotatable bonds is 6. The van der Waals surface area contributed by atoms with E-state index in [9.17, 15) is 13.2 Å². The second-order valence-electron chi connectivity index (χ2n) is 8.14. The van der Waals surface area contributed by atoms with Crippen LogP contribution in [0.4, 0.5) is 4.79 Å². The van der Waals surface area contributed by atoms with Crippen molar-refractivity contribution in [2.75, 3.05) is 18.8 Å². The first-order chi connectivity index (χ1) is 13.9. The first kappa shape index (κ1) is 21.4. The molecule has 0 aromatic heterocycles. The van der Waals surface area contributed by atoms with Gasteiger partial charge in [-0.2, -0.15) is 0 Å². The van der Waals surface area contributed by atoms with E-state index in [2.05, 4.69) is 5.32 Å². The molecule has 1 saturated heterocycles. The topological polar surface area (TPSA) is 66.5 Å². The second-order valence-corrected chi connectivity index (χ2v) is 10.5. The highest BCUT2D eigenvalue weighted by atomic mass is 32.2. The van der Waals surface area contributed by atoms with Crippen LogP contribution in [0.15, 0.2) is 60.7 Å². The number of nitrogens with zero attached hydrogens (tertiary/aromatic N) is 1. The summed E-state index contributed by atoms with van der Waals surface area (Å²) in [6.45, 7) is 4.66. The van der Waals surface area contributed by atoms with E-state index in [-0.39, 0.29) is 30.3 Å². The molecule has 1 aliphatic heterocycles. The van der Waals surface area contributed by atoms with Crippen LogP contribution >= 0.6 is 0 Å². The number of sulfone groups is 1. The van der Waals surface area contributed by atoms with Crippen molar-refractivity contribution in [1.29, 1.82) is 0 Å². The van der Waals surface area contributed by atoms with Crippen LogP contribution in [-0.4, -0.2) is 43.4 Å². The quantitative estimate of drug-likeness (QED) is 0.776. The molecule has 3 rings (SSSR count). The molecule has 2 aromatic rings. The highest BCUT2D eigenvalue weighted by Gasteiger charge is 2.33. The van der Waals surface area contributed by atoms with Crippen molar-refractivity contribution >= 4 is 15.9 Å². The first-order valence-corrected chi connectivity index (χ1v) is 12.0. The summed E-state index contributed by atoms with van der Waals surface area (Å²) in [7, 11) is -3.20. The standard InChI is InChI=1S/C23H30N2O3S/c1-18(2)17-29(27,28)21-14-9-15-25(16-21)23(26)24-22(19-10-5-3-6-11-19)20-12-7-4-8-13-20/h3-8,10-13,18,21-22H,9,14-17H2,1-2H3,(H,24,26)/t21-/m0/s1. The fourth-order valence-corrected chi connectivity index (χ4v) is 6.02. The van der Waals surface area contributed by atoms with Gasteiger partial charge in [0, 0.05) is 13.1 Å². The lowest BCUT2D eigenvalue weighted by molar-refractivity contribution is 0.184. The summed E-state index contributed by atoms with van der Waals surface area (Å²) in [5.41, 5.74) is 1.99. The number of carbonyl (C=O) groups excluding carboxylic acids is 1. The Labute approximate surface area is 174 Å². The molecule has 0 saturated carbocycles. The van der Waals surface area contributed by atoms with E-state index in [1.165, 1.54) is 0 Å². The van der Waals surface area contributed by atoms with Gasteiger partial charge in [-0.3, -0.25) is 0 Å². The largest absolute Gasteiger partial charge is 0.327 e. The number of benzene rings is 2. The van der Waals surface area contributed by atoms with Crippen LogP contribution in [0.2, 0.25) is 0 Å². The number of urea groups is 1. The number of likely N-dealkylation sites (tertiary alicyclic amines) is 1. The molecular weight excluding hydrogens is 384 g/mol. The molecule has 2 amide bonds. The van der Waals surface area contributed by atoms with Crippen molar-refractivity contribution in [1.82, 2.24) is 10.2 Å². The van der Waals surface area contributed by atoms with Gasteiger partial charge in [-0.1, -0.05) is 74.5 Å². The van der Waals surface area contributed by atoms with Crippen LogP contribution in [0.1, 0.15) is 43.9 Å². The van der Waals surface area contributed by atoms with Gasteiger partial charge in [0.05, 0.1) is 17.0 Å². The van der Waals surface area contributed by atoms with E-state index < -0.39 is 15.1 Å². The van der Waals surface area contributed by atoms with Crippen LogP contribution in [0.5, 0.6) is 0 Å². The molecule has 1 aliphatic rings. The summed E-state index contributed by atoms with van der Waals surface area (Å²) in [4.78, 5) is 14.7. The zero-order chi connectivity index (χ0) is 20.9. The predicted molar refractivity (Wildman–Crippen MR) is 116 cm³/mol. The summed E-state index contributed by atoms with van der Waals surface area (Å²) in [5.74, 6) is 0.258. The van der Waals surface area contributed by atoms with Crippen molar-refractivity contribution in [3.63, 3.8) is 0 Å². The Balaban J connectivity index is 1.76. The molecule has 156 valence electrons. The van der Waals surface area contributed by atoms with Gasteiger partial charge in [-0.05, 0) is 29.9 Å². The van der Waals surface area contributed by atoms with Gasteiger partial charge >= 0.3 is 6.03 Å². The Morgan fingerprint density at radius 1 is 1.03 bits per heavy atom. The maximum absolute atomic E-state index is 13.1. The van der Waals surface area contributed by atoms with Crippen LogP contribution in [0, 0.1) is 5.92 Å². The Morgan fingerprint density at radius 3 is 2.10 bits per heavy atom. The zero-order valence-corrected chi connectivity index (χ0v) is 17.9. The molecule has 2 aromatic carbocycles. The molecule has 1 heterocycles. The van der Waals surface area contributed by atoms with Crippen LogP contribution in [0.3, 0.4) is 0 Å². The molecule has 1 fully saturated rings. The SMILES string of the molecule is CC(C)CS(=O)(=O)[C@H]1CCCN(C(=O)NC(c2ccccc2)c2ccccc2)C1. The lowest BCUT2D eigenvalue weighted by atomic mass is 9.99. The van der Waals surface area contributed by atoms with Crippen molar-refractivity contribution in [3.8, 4) is 0 Å². The molecule has 29 heavy (non-hydrogen) atoms. The van der Waals surface area contributed by atoms with Gasteiger partial charge in [0.2, 0.25) is 0 Å². The third-order valence-electron chi connectivity index (χ3n) is 5.27. The lowest BCUT2D eigenvalue weighted by Crippen LogP contribution is -2.50. The summed E-state index contributed by atoms with van der Waals surface area (Å²) in [6.07, 6.45) is 1.33. The predicted octanol–water partition coefficient (Wildman–Crippen LogP) is 4.02. The highest BCUT2D eigenvalue weighted by molar-refractivity contribution is 7.92. The minimum Gasteiger partial charge on any atom is -0.327 e. The average molecular weight is 415 g/mol.